The molecule has 5 nitrogen and oxygen atoms in total. The number of rotatable bonds is 4. The highest BCUT2D eigenvalue weighted by Crippen LogP contribution is 2.09. The van der Waals surface area contributed by atoms with Crippen LogP contribution in [0.1, 0.15) is 12.6 Å². The van der Waals surface area contributed by atoms with Gasteiger partial charge in [-0.25, -0.2) is 0 Å². The lowest BCUT2D eigenvalue weighted by Crippen LogP contribution is -2.32. The van der Waals surface area contributed by atoms with Gasteiger partial charge < -0.3 is 16.8 Å². The summed E-state index contributed by atoms with van der Waals surface area (Å²) >= 11 is 4.78. The fourth-order valence-corrected chi connectivity index (χ4v) is 1.09. The summed E-state index contributed by atoms with van der Waals surface area (Å²) in [4.78, 5) is 15.0. The molecule has 0 aliphatic carbocycles. The number of aromatic nitrogens is 1. The molecule has 0 aliphatic heterocycles. The van der Waals surface area contributed by atoms with Gasteiger partial charge in [0.1, 0.15) is 11.0 Å². The van der Waals surface area contributed by atoms with Crippen molar-refractivity contribution in [1.29, 1.82) is 0 Å². The van der Waals surface area contributed by atoms with E-state index in [4.69, 9.17) is 23.7 Å². The quantitative estimate of drug-likeness (QED) is 0.626. The molecule has 80 valence electrons. The van der Waals surface area contributed by atoms with Crippen molar-refractivity contribution in [2.75, 3.05) is 5.32 Å². The summed E-state index contributed by atoms with van der Waals surface area (Å²) in [7, 11) is 0. The fourth-order valence-electron chi connectivity index (χ4n) is 0.976. The first-order valence-electron chi connectivity index (χ1n) is 4.32. The molecule has 6 heteroatoms. The van der Waals surface area contributed by atoms with Gasteiger partial charge in [0.05, 0.1) is 5.69 Å². The zero-order valence-electron chi connectivity index (χ0n) is 8.23. The molecule has 1 rings (SSSR count). The van der Waals surface area contributed by atoms with E-state index >= 15 is 0 Å². The predicted molar refractivity (Wildman–Crippen MR) is 62.4 cm³/mol. The number of pyridine rings is 1. The van der Waals surface area contributed by atoms with Crippen LogP contribution in [0.3, 0.4) is 0 Å². The van der Waals surface area contributed by atoms with Crippen LogP contribution >= 0.6 is 12.2 Å². The minimum Gasteiger partial charge on any atom is -0.388 e. The van der Waals surface area contributed by atoms with Crippen LogP contribution in [0.4, 0.5) is 5.69 Å². The minimum atomic E-state index is -0.452. The number of amides is 1. The number of thiocarbonyl (C=S) groups is 1. The van der Waals surface area contributed by atoms with E-state index in [0.717, 1.165) is 0 Å². The molecule has 1 atom stereocenters. The highest BCUT2D eigenvalue weighted by atomic mass is 32.1. The third-order valence-corrected chi connectivity index (χ3v) is 2.03. The van der Waals surface area contributed by atoms with E-state index in [9.17, 15) is 4.79 Å². The molecule has 0 fully saturated rings. The summed E-state index contributed by atoms with van der Waals surface area (Å²) in [6.45, 7) is 1.67. The normalized spacial score (nSPS) is 11.8. The van der Waals surface area contributed by atoms with Gasteiger partial charge in [-0.1, -0.05) is 12.2 Å². The maximum absolute atomic E-state index is 10.8. The van der Waals surface area contributed by atoms with E-state index in [2.05, 4.69) is 10.3 Å². The molecule has 0 aliphatic rings. The number of primary amides is 1. The minimum absolute atomic E-state index is 0.213. The topological polar surface area (TPSA) is 94.0 Å². The van der Waals surface area contributed by atoms with Crippen molar-refractivity contribution >= 4 is 28.8 Å². The van der Waals surface area contributed by atoms with Gasteiger partial charge in [-0.15, -0.1) is 0 Å². The molecule has 1 unspecified atom stereocenters. The second kappa shape index (κ2) is 4.70. The lowest BCUT2D eigenvalue weighted by molar-refractivity contribution is -0.118. The summed E-state index contributed by atoms with van der Waals surface area (Å²) in [6, 6.07) is 2.93. The molecule has 0 aromatic carbocycles. The Hall–Kier alpha value is -1.69. The standard InChI is InChI=1S/C9H12N4OS/c1-5(8(10)14)13-6-2-3-12-7(4-6)9(11)15/h2-5H,1H3,(H2,10,14)(H2,11,15)(H,12,13). The van der Waals surface area contributed by atoms with Crippen molar-refractivity contribution < 1.29 is 4.79 Å². The van der Waals surface area contributed by atoms with Gasteiger partial charge in [0.25, 0.3) is 0 Å². The molecular formula is C9H12N4OS. The molecule has 15 heavy (non-hydrogen) atoms. The van der Waals surface area contributed by atoms with Crippen LogP contribution in [0.5, 0.6) is 0 Å². The van der Waals surface area contributed by atoms with Crippen LogP contribution in [0, 0.1) is 0 Å². The fraction of sp³-hybridized carbons (Fsp3) is 0.222. The predicted octanol–water partition coefficient (Wildman–Crippen LogP) is 0.00150. The number of carbonyl (C=O) groups excluding carboxylic acids is 1. The number of nitrogens with two attached hydrogens (primary N) is 2. The summed E-state index contributed by atoms with van der Waals surface area (Å²) in [5, 5.41) is 2.91. The van der Waals surface area contributed by atoms with Crippen molar-refractivity contribution in [1.82, 2.24) is 4.98 Å². The molecule has 0 saturated carbocycles. The molecule has 1 aromatic rings. The van der Waals surface area contributed by atoms with Gasteiger partial charge in [0.2, 0.25) is 5.91 Å². The number of anilines is 1. The van der Waals surface area contributed by atoms with Crippen molar-refractivity contribution in [3.63, 3.8) is 0 Å². The van der Waals surface area contributed by atoms with Gasteiger partial charge in [0, 0.05) is 11.9 Å². The van der Waals surface area contributed by atoms with Gasteiger partial charge in [0.15, 0.2) is 0 Å². The van der Waals surface area contributed by atoms with Gasteiger partial charge in [-0.05, 0) is 19.1 Å². The number of hydrogen-bond donors (Lipinski definition) is 3. The van der Waals surface area contributed by atoms with E-state index in [1.165, 1.54) is 0 Å². The molecule has 5 N–H and O–H groups in total. The molecule has 0 saturated heterocycles. The first-order chi connectivity index (χ1) is 7.00. The van der Waals surface area contributed by atoms with E-state index in [1.807, 2.05) is 0 Å². The lowest BCUT2D eigenvalue weighted by Gasteiger charge is -2.11. The van der Waals surface area contributed by atoms with E-state index in [-0.39, 0.29) is 4.99 Å². The van der Waals surface area contributed by atoms with Crippen molar-refractivity contribution in [2.24, 2.45) is 11.5 Å². The van der Waals surface area contributed by atoms with E-state index in [1.54, 1.807) is 25.3 Å². The Morgan fingerprint density at radius 3 is 2.80 bits per heavy atom. The lowest BCUT2D eigenvalue weighted by atomic mass is 10.2. The average molecular weight is 224 g/mol. The van der Waals surface area contributed by atoms with Crippen molar-refractivity contribution in [3.05, 3.63) is 24.0 Å². The monoisotopic (exact) mass is 224 g/mol. The highest BCUT2D eigenvalue weighted by molar-refractivity contribution is 7.80. The maximum atomic E-state index is 10.8. The Kier molecular flexibility index (Phi) is 3.56. The zero-order chi connectivity index (χ0) is 11.4. The van der Waals surface area contributed by atoms with Gasteiger partial charge in [-0.2, -0.15) is 0 Å². The summed E-state index contributed by atoms with van der Waals surface area (Å²) < 4.78 is 0. The first-order valence-corrected chi connectivity index (χ1v) is 4.73. The SMILES string of the molecule is CC(Nc1ccnc(C(N)=S)c1)C(N)=O. The number of carbonyl (C=O) groups is 1. The average Bonchev–Trinajstić information content (AvgIpc) is 2.18. The van der Waals surface area contributed by atoms with Crippen LogP contribution < -0.4 is 16.8 Å². The summed E-state index contributed by atoms with van der Waals surface area (Å²) in [5.74, 6) is -0.427. The largest absolute Gasteiger partial charge is 0.388 e. The Labute approximate surface area is 92.9 Å². The van der Waals surface area contributed by atoms with Crippen LogP contribution in [0.2, 0.25) is 0 Å². The Morgan fingerprint density at radius 1 is 1.60 bits per heavy atom. The molecule has 1 amide bonds. The number of nitrogens with zero attached hydrogens (tertiary/aromatic N) is 1. The third-order valence-electron chi connectivity index (χ3n) is 1.82. The van der Waals surface area contributed by atoms with Crippen LogP contribution in [-0.2, 0) is 4.79 Å². The molecule has 0 radical (unpaired) electrons. The molecule has 1 aromatic heterocycles. The second-order valence-electron chi connectivity index (χ2n) is 3.06. The molecule has 0 spiro atoms. The summed E-state index contributed by atoms with van der Waals surface area (Å²) in [6.07, 6.45) is 1.56. The second-order valence-corrected chi connectivity index (χ2v) is 3.50. The van der Waals surface area contributed by atoms with Crippen LogP contribution in [0.25, 0.3) is 0 Å². The molecule has 0 bridgehead atoms. The third kappa shape index (κ3) is 3.17. The zero-order valence-corrected chi connectivity index (χ0v) is 9.04. The smallest absolute Gasteiger partial charge is 0.239 e. The first kappa shape index (κ1) is 11.4. The van der Waals surface area contributed by atoms with Gasteiger partial charge >= 0.3 is 0 Å². The Bertz CT molecular complexity index is 393. The van der Waals surface area contributed by atoms with Crippen molar-refractivity contribution in [2.45, 2.75) is 13.0 Å². The van der Waals surface area contributed by atoms with Crippen molar-refractivity contribution in [3.8, 4) is 0 Å². The van der Waals surface area contributed by atoms with E-state index in [0.29, 0.717) is 11.4 Å². The Balaban J connectivity index is 2.82. The maximum Gasteiger partial charge on any atom is 0.239 e. The number of hydrogen-bond acceptors (Lipinski definition) is 4. The van der Waals surface area contributed by atoms with Crippen LogP contribution in [0.15, 0.2) is 18.3 Å². The van der Waals surface area contributed by atoms with Gasteiger partial charge in [-0.3, -0.25) is 9.78 Å². The highest BCUT2D eigenvalue weighted by Gasteiger charge is 2.08. The number of nitrogens with one attached hydrogen (secondary N) is 1. The molecular weight excluding hydrogens is 212 g/mol. The Morgan fingerprint density at radius 2 is 2.27 bits per heavy atom. The van der Waals surface area contributed by atoms with E-state index < -0.39 is 11.9 Å². The van der Waals surface area contributed by atoms with Crippen LogP contribution in [-0.4, -0.2) is 21.9 Å². The molecule has 1 heterocycles. The summed E-state index contributed by atoms with van der Waals surface area (Å²) in [5.41, 5.74) is 11.8.